The number of unbranched alkanes of at least 4 members (excludes halogenated alkanes) is 20. The van der Waals surface area contributed by atoms with Gasteiger partial charge in [0, 0.05) is 42.9 Å². The molecule has 0 aliphatic carbocycles. The number of carboxylic acid groups (broad SMARTS) is 2. The lowest BCUT2D eigenvalue weighted by molar-refractivity contribution is -0.157. The van der Waals surface area contributed by atoms with Gasteiger partial charge in [-0.2, -0.15) is 0 Å². The maximum absolute atomic E-state index is 12.8. The smallest absolute Gasteiger partial charge is 0.308 e. The van der Waals surface area contributed by atoms with Crippen LogP contribution >= 0.6 is 0 Å². The fraction of sp³-hybridized carbons (Fsp3) is 0.885. The van der Waals surface area contributed by atoms with Crippen LogP contribution in [0.25, 0.3) is 0 Å². The van der Waals surface area contributed by atoms with Gasteiger partial charge in [-0.3, -0.25) is 28.8 Å². The predicted octanol–water partition coefficient (Wildman–Crippen LogP) is 12.3. The Bertz CT molecular complexity index is 1230. The normalized spacial score (nSPS) is 13.0. The molecule has 0 amide bonds. The molecule has 0 saturated heterocycles. The van der Waals surface area contributed by atoms with E-state index in [0.29, 0.717) is 6.42 Å². The van der Waals surface area contributed by atoms with Crippen LogP contribution in [0.1, 0.15) is 254 Å². The molecule has 0 radical (unpaired) electrons. The highest BCUT2D eigenvalue weighted by Gasteiger charge is 2.36. The first-order valence-electron chi connectivity index (χ1n) is 25.5. The number of carboxylic acids is 2. The third-order valence-electron chi connectivity index (χ3n) is 12.0. The van der Waals surface area contributed by atoms with E-state index in [4.69, 9.17) is 19.7 Å². The number of carbonyl (C=O) groups excluding carboxylic acids is 4. The molecule has 0 spiro atoms. The molecule has 3 unspecified atom stereocenters. The average molecular weight is 913 g/mol. The number of aliphatic carboxylic acids is 2. The molecule has 64 heavy (non-hydrogen) atoms. The highest BCUT2D eigenvalue weighted by atomic mass is 16.5. The second kappa shape index (κ2) is 40.4. The van der Waals surface area contributed by atoms with Crippen molar-refractivity contribution in [1.82, 2.24) is 0 Å². The van der Waals surface area contributed by atoms with Gasteiger partial charge in [-0.15, -0.1) is 0 Å². The number of aliphatic hydroxyl groups excluding tert-OH is 2. The minimum atomic E-state index is -1.29. The van der Waals surface area contributed by atoms with E-state index in [1.165, 1.54) is 96.3 Å². The van der Waals surface area contributed by atoms with E-state index in [9.17, 15) is 39.0 Å². The van der Waals surface area contributed by atoms with Gasteiger partial charge in [-0.25, -0.2) is 0 Å². The zero-order valence-corrected chi connectivity index (χ0v) is 41.8. The Labute approximate surface area is 389 Å². The third kappa shape index (κ3) is 36.4. The van der Waals surface area contributed by atoms with Gasteiger partial charge >= 0.3 is 23.9 Å². The number of esters is 2. The van der Waals surface area contributed by atoms with Crippen LogP contribution in [0, 0.1) is 16.7 Å². The van der Waals surface area contributed by atoms with E-state index in [1.807, 2.05) is 0 Å². The summed E-state index contributed by atoms with van der Waals surface area (Å²) in [6, 6.07) is 0. The lowest BCUT2D eigenvalue weighted by Gasteiger charge is -2.29. The molecule has 0 rings (SSSR count). The highest BCUT2D eigenvalue weighted by molar-refractivity contribution is 5.84. The Hall–Kier alpha value is -2.86. The van der Waals surface area contributed by atoms with E-state index in [0.717, 1.165) is 64.2 Å². The maximum atomic E-state index is 12.8. The maximum Gasteiger partial charge on any atom is 0.308 e. The second-order valence-electron chi connectivity index (χ2n) is 19.6. The van der Waals surface area contributed by atoms with Crippen molar-refractivity contribution < 1.29 is 58.7 Å². The topological polar surface area (TPSA) is 202 Å². The first kappa shape index (κ1) is 63.2. The SMILES string of the molecule is CCCCCCCCC(CCCCCC)C(=O)OCC(C)(C)C(O)C(=O)CCCC(=O)O.CCCCCCCCCCCCCCCC(=O)OCC(C)(C)C(O)C(=O)CCCC(=O)O. The van der Waals surface area contributed by atoms with Gasteiger partial charge in [0.05, 0.1) is 19.1 Å². The van der Waals surface area contributed by atoms with E-state index < -0.39 is 46.5 Å². The largest absolute Gasteiger partial charge is 0.481 e. The summed E-state index contributed by atoms with van der Waals surface area (Å²) in [4.78, 5) is 70.2. The van der Waals surface area contributed by atoms with Gasteiger partial charge in [0.2, 0.25) is 0 Å². The van der Waals surface area contributed by atoms with Crippen LogP contribution < -0.4 is 0 Å². The summed E-state index contributed by atoms with van der Waals surface area (Å²) in [5.74, 6) is -3.40. The van der Waals surface area contributed by atoms with E-state index in [1.54, 1.807) is 27.7 Å². The molecule has 0 aliphatic rings. The van der Waals surface area contributed by atoms with Gasteiger partial charge in [0.25, 0.3) is 0 Å². The van der Waals surface area contributed by atoms with Crippen molar-refractivity contribution in [3.05, 3.63) is 0 Å². The van der Waals surface area contributed by atoms with Crippen LogP contribution in [-0.2, 0) is 38.2 Å². The summed E-state index contributed by atoms with van der Waals surface area (Å²) in [6.45, 7) is 13.3. The lowest BCUT2D eigenvalue weighted by atomic mass is 9.83. The fourth-order valence-electron chi connectivity index (χ4n) is 7.50. The Kier molecular flexibility index (Phi) is 39.9. The molecular formula is C52H96O12. The summed E-state index contributed by atoms with van der Waals surface area (Å²) in [5.41, 5.74) is -1.81. The monoisotopic (exact) mass is 913 g/mol. The first-order valence-corrected chi connectivity index (χ1v) is 25.5. The van der Waals surface area contributed by atoms with Crippen LogP contribution in [0.4, 0.5) is 0 Å². The van der Waals surface area contributed by atoms with E-state index >= 15 is 0 Å². The Balaban J connectivity index is 0. The molecule has 0 fully saturated rings. The molecule has 376 valence electrons. The number of rotatable bonds is 43. The molecule has 0 aromatic carbocycles. The van der Waals surface area contributed by atoms with Crippen molar-refractivity contribution in [3.8, 4) is 0 Å². The van der Waals surface area contributed by atoms with Gasteiger partial charge in [-0.1, -0.05) is 190 Å². The Morgan fingerprint density at radius 3 is 1.08 bits per heavy atom. The number of ether oxygens (including phenoxy) is 2. The summed E-state index contributed by atoms with van der Waals surface area (Å²) >= 11 is 0. The molecule has 0 aromatic rings. The summed E-state index contributed by atoms with van der Waals surface area (Å²) in [7, 11) is 0. The predicted molar refractivity (Wildman–Crippen MR) is 255 cm³/mol. The molecule has 0 bridgehead atoms. The minimum Gasteiger partial charge on any atom is -0.481 e. The van der Waals surface area contributed by atoms with E-state index in [2.05, 4.69) is 20.8 Å². The van der Waals surface area contributed by atoms with E-state index in [-0.39, 0.29) is 69.6 Å². The van der Waals surface area contributed by atoms with Crippen molar-refractivity contribution in [1.29, 1.82) is 0 Å². The second-order valence-corrected chi connectivity index (χ2v) is 19.6. The van der Waals surface area contributed by atoms with Crippen LogP contribution in [0.15, 0.2) is 0 Å². The third-order valence-corrected chi connectivity index (χ3v) is 12.0. The summed E-state index contributed by atoms with van der Waals surface area (Å²) in [6.07, 6.45) is 27.4. The first-order chi connectivity index (χ1) is 30.4. The van der Waals surface area contributed by atoms with Crippen molar-refractivity contribution in [3.63, 3.8) is 0 Å². The molecule has 12 heteroatoms. The summed E-state index contributed by atoms with van der Waals surface area (Å²) in [5, 5.41) is 38.0. The number of hydrogen-bond donors (Lipinski definition) is 4. The lowest BCUT2D eigenvalue weighted by Crippen LogP contribution is -2.41. The summed E-state index contributed by atoms with van der Waals surface area (Å²) < 4.78 is 10.9. The quantitative estimate of drug-likeness (QED) is 0.0333. The molecule has 0 saturated carbocycles. The number of hydrogen-bond acceptors (Lipinski definition) is 10. The number of ketones is 2. The number of Topliss-reactive ketones (excluding diaryl/α,β-unsaturated/α-hetero) is 2. The molecular weight excluding hydrogens is 817 g/mol. The number of aliphatic hydroxyl groups is 2. The zero-order chi connectivity index (χ0) is 48.7. The Morgan fingerprint density at radius 2 is 0.719 bits per heavy atom. The zero-order valence-electron chi connectivity index (χ0n) is 41.8. The molecule has 3 atom stereocenters. The van der Waals surface area contributed by atoms with Crippen LogP contribution in [-0.4, -0.2) is 81.3 Å². The number of carbonyl (C=O) groups is 6. The van der Waals surface area contributed by atoms with Gasteiger partial charge in [0.1, 0.15) is 12.2 Å². The molecule has 0 aliphatic heterocycles. The van der Waals surface area contributed by atoms with Gasteiger partial charge in [0.15, 0.2) is 11.6 Å². The van der Waals surface area contributed by atoms with Crippen molar-refractivity contribution >= 4 is 35.4 Å². The fourth-order valence-corrected chi connectivity index (χ4v) is 7.50. The van der Waals surface area contributed by atoms with Crippen LogP contribution in [0.2, 0.25) is 0 Å². The standard InChI is InChI=1S/2C26H48O6/c1-5-7-9-11-12-14-17-21(16-13-10-8-6-2)25(31)32-20-26(3,4)24(30)22(27)18-15-19-23(28)29;1-4-5-6-7-8-9-10-11-12-13-14-15-16-20-24(30)32-21-26(2,3)25(31)22(27)18-17-19-23(28)29/h21,24,30H,5-20H2,1-4H3,(H,28,29);25,31H,4-21H2,1-3H3,(H,28,29). The Morgan fingerprint density at radius 1 is 0.406 bits per heavy atom. The van der Waals surface area contributed by atoms with Crippen molar-refractivity contribution in [2.24, 2.45) is 16.7 Å². The van der Waals surface area contributed by atoms with Crippen LogP contribution in [0.3, 0.4) is 0 Å². The molecule has 4 N–H and O–H groups in total. The van der Waals surface area contributed by atoms with Gasteiger partial charge in [-0.05, 0) is 32.1 Å². The van der Waals surface area contributed by atoms with Crippen LogP contribution in [0.5, 0.6) is 0 Å². The molecule has 0 aromatic heterocycles. The molecule has 12 nitrogen and oxygen atoms in total. The highest BCUT2D eigenvalue weighted by Crippen LogP contribution is 2.27. The van der Waals surface area contributed by atoms with Gasteiger partial charge < -0.3 is 29.9 Å². The average Bonchev–Trinajstić information content (AvgIpc) is 3.24. The van der Waals surface area contributed by atoms with Crippen molar-refractivity contribution in [2.75, 3.05) is 13.2 Å². The van der Waals surface area contributed by atoms with Crippen molar-refractivity contribution in [2.45, 2.75) is 266 Å². The minimum absolute atomic E-state index is 0.00290. The molecule has 0 heterocycles.